The number of carbonyl (C=O) groups is 3. The molecule has 1 aliphatic carbocycles. The van der Waals surface area contributed by atoms with Gasteiger partial charge in [0, 0.05) is 43.4 Å². The van der Waals surface area contributed by atoms with Crippen molar-refractivity contribution in [3.8, 4) is 0 Å². The zero-order valence-electron chi connectivity index (χ0n) is 22.4. The quantitative estimate of drug-likeness (QED) is 0.531. The van der Waals surface area contributed by atoms with E-state index in [1.165, 1.54) is 4.90 Å². The smallest absolute Gasteiger partial charge is 0.410 e. The SMILES string of the molecule is CN(C(=O)OCC1(C)COC1)[C@@]1(C(=O)N2CCCCC2C(=O)C2(C)CC2)CNC[C@@H]1c1ccc(Cl)c(Cl)c1. The van der Waals surface area contributed by atoms with Crippen molar-refractivity contribution in [1.29, 1.82) is 0 Å². The molecule has 2 amide bonds. The highest BCUT2D eigenvalue weighted by Crippen LogP contribution is 2.49. The fourth-order valence-electron chi connectivity index (χ4n) is 6.10. The first-order valence-corrected chi connectivity index (χ1v) is 14.3. The molecule has 0 spiro atoms. The third-order valence-corrected chi connectivity index (χ3v) is 9.75. The van der Waals surface area contributed by atoms with Gasteiger partial charge in [0.2, 0.25) is 0 Å². The number of amides is 2. The molecule has 5 rings (SSSR count). The van der Waals surface area contributed by atoms with Crippen molar-refractivity contribution in [2.75, 3.05) is 46.5 Å². The Morgan fingerprint density at radius 3 is 2.53 bits per heavy atom. The van der Waals surface area contributed by atoms with Crippen molar-refractivity contribution in [2.24, 2.45) is 10.8 Å². The third kappa shape index (κ3) is 4.82. The molecule has 8 nitrogen and oxygen atoms in total. The first-order chi connectivity index (χ1) is 18.0. The minimum absolute atomic E-state index is 0.140. The van der Waals surface area contributed by atoms with Gasteiger partial charge in [-0.1, -0.05) is 43.1 Å². The lowest BCUT2D eigenvalue weighted by Crippen LogP contribution is -2.67. The van der Waals surface area contributed by atoms with Crippen LogP contribution in [-0.2, 0) is 19.1 Å². The summed E-state index contributed by atoms with van der Waals surface area (Å²) in [5.41, 5.74) is -1.08. The lowest BCUT2D eigenvalue weighted by atomic mass is 9.78. The maximum absolute atomic E-state index is 14.7. The fraction of sp³-hybridized carbons (Fsp3) is 0.679. The highest BCUT2D eigenvalue weighted by molar-refractivity contribution is 6.42. The van der Waals surface area contributed by atoms with Crippen LogP contribution in [0.25, 0.3) is 0 Å². The van der Waals surface area contributed by atoms with E-state index >= 15 is 0 Å². The number of rotatable bonds is 7. The number of ketones is 1. The predicted molar refractivity (Wildman–Crippen MR) is 145 cm³/mol. The van der Waals surface area contributed by atoms with Gasteiger partial charge in [-0.05, 0) is 49.8 Å². The van der Waals surface area contributed by atoms with E-state index in [9.17, 15) is 14.4 Å². The number of hydrogen-bond donors (Lipinski definition) is 1. The Hall–Kier alpha value is -1.87. The number of halogens is 2. The minimum Gasteiger partial charge on any atom is -0.449 e. The van der Waals surface area contributed by atoms with Gasteiger partial charge >= 0.3 is 6.09 Å². The van der Waals surface area contributed by atoms with Crippen LogP contribution < -0.4 is 5.32 Å². The van der Waals surface area contributed by atoms with Gasteiger partial charge in [-0.2, -0.15) is 0 Å². The second kappa shape index (κ2) is 10.3. The molecule has 1 aromatic rings. The fourth-order valence-corrected chi connectivity index (χ4v) is 6.41. The average Bonchev–Trinajstić information content (AvgIpc) is 3.49. The van der Waals surface area contributed by atoms with Gasteiger partial charge < -0.3 is 19.7 Å². The molecular formula is C28H37Cl2N3O5. The van der Waals surface area contributed by atoms with Gasteiger partial charge in [0.15, 0.2) is 5.78 Å². The summed E-state index contributed by atoms with van der Waals surface area (Å²) in [5.74, 6) is -0.501. The van der Waals surface area contributed by atoms with Crippen LogP contribution in [0.5, 0.6) is 0 Å². The first kappa shape index (κ1) is 27.7. The molecule has 1 aromatic carbocycles. The first-order valence-electron chi connectivity index (χ1n) is 13.5. The number of nitrogens with zero attached hydrogens (tertiary/aromatic N) is 2. The Balaban J connectivity index is 1.51. The van der Waals surface area contributed by atoms with E-state index in [0.717, 1.165) is 31.2 Å². The molecule has 1 unspecified atom stereocenters. The van der Waals surface area contributed by atoms with Crippen LogP contribution in [0.15, 0.2) is 18.2 Å². The van der Waals surface area contributed by atoms with Gasteiger partial charge in [0.25, 0.3) is 5.91 Å². The molecule has 1 saturated carbocycles. The number of hydrogen-bond acceptors (Lipinski definition) is 6. The summed E-state index contributed by atoms with van der Waals surface area (Å²) in [5, 5.41) is 4.16. The van der Waals surface area contributed by atoms with Gasteiger partial charge in [0.1, 0.15) is 12.1 Å². The maximum atomic E-state index is 14.7. The molecule has 4 fully saturated rings. The molecule has 208 valence electrons. The highest BCUT2D eigenvalue weighted by atomic mass is 35.5. The standard InChI is InChI=1S/C28H37Cl2N3O5/c1-26(15-37-16-26)17-38-25(36)32(3)28(14-31-13-19(28)18-7-8-20(29)21(30)12-18)24(35)33-11-5-4-6-22(33)23(34)27(2)9-10-27/h7-8,12,19,22,31H,4-6,9-11,13-17H2,1-3H3/t19-,22?,28+/m1/s1. The van der Waals surface area contributed by atoms with Crippen LogP contribution >= 0.6 is 23.2 Å². The van der Waals surface area contributed by atoms with Crippen LogP contribution in [0.2, 0.25) is 10.0 Å². The normalized spacial score (nSPS) is 29.3. The topological polar surface area (TPSA) is 88.2 Å². The van der Waals surface area contributed by atoms with Crippen molar-refractivity contribution in [2.45, 2.75) is 63.5 Å². The van der Waals surface area contributed by atoms with E-state index in [0.29, 0.717) is 42.8 Å². The van der Waals surface area contributed by atoms with Gasteiger partial charge in [-0.25, -0.2) is 4.79 Å². The molecular weight excluding hydrogens is 529 g/mol. The number of ether oxygens (including phenoxy) is 2. The molecule has 10 heteroatoms. The summed E-state index contributed by atoms with van der Waals surface area (Å²) in [6, 6.07) is 4.85. The summed E-state index contributed by atoms with van der Waals surface area (Å²) in [6.07, 6.45) is 3.51. The van der Waals surface area contributed by atoms with E-state index in [1.807, 2.05) is 19.9 Å². The molecule has 0 radical (unpaired) electrons. The third-order valence-electron chi connectivity index (χ3n) is 9.01. The van der Waals surface area contributed by atoms with Crippen LogP contribution in [0.3, 0.4) is 0 Å². The largest absolute Gasteiger partial charge is 0.449 e. The van der Waals surface area contributed by atoms with Gasteiger partial charge in [-0.3, -0.25) is 14.5 Å². The van der Waals surface area contributed by atoms with Gasteiger partial charge in [0.05, 0.1) is 29.3 Å². The minimum atomic E-state index is -1.30. The summed E-state index contributed by atoms with van der Waals surface area (Å²) in [6.45, 7) is 6.42. The molecule has 1 N–H and O–H groups in total. The van der Waals surface area contributed by atoms with E-state index in [1.54, 1.807) is 24.1 Å². The van der Waals surface area contributed by atoms with E-state index < -0.39 is 23.6 Å². The van der Waals surface area contributed by atoms with Gasteiger partial charge in [-0.15, -0.1) is 0 Å². The van der Waals surface area contributed by atoms with Crippen molar-refractivity contribution in [1.82, 2.24) is 15.1 Å². The summed E-state index contributed by atoms with van der Waals surface area (Å²) < 4.78 is 11.0. The van der Waals surface area contributed by atoms with Crippen LogP contribution in [0, 0.1) is 10.8 Å². The summed E-state index contributed by atoms with van der Waals surface area (Å²) in [4.78, 5) is 45.0. The van der Waals surface area contributed by atoms with Crippen molar-refractivity contribution >= 4 is 41.0 Å². The van der Waals surface area contributed by atoms with E-state index in [4.69, 9.17) is 32.7 Å². The monoisotopic (exact) mass is 565 g/mol. The van der Waals surface area contributed by atoms with Crippen LogP contribution in [0.4, 0.5) is 4.79 Å². The van der Waals surface area contributed by atoms with Crippen LogP contribution in [0.1, 0.15) is 57.4 Å². The van der Waals surface area contributed by atoms with Crippen molar-refractivity contribution in [3.05, 3.63) is 33.8 Å². The second-order valence-electron chi connectivity index (χ2n) is 12.1. The van der Waals surface area contributed by atoms with Crippen molar-refractivity contribution in [3.63, 3.8) is 0 Å². The van der Waals surface area contributed by atoms with Crippen molar-refractivity contribution < 1.29 is 23.9 Å². The number of piperidine rings is 1. The predicted octanol–water partition coefficient (Wildman–Crippen LogP) is 4.27. The molecule has 0 aromatic heterocycles. The van der Waals surface area contributed by atoms with E-state index in [-0.39, 0.29) is 35.7 Å². The molecule has 0 bridgehead atoms. The Labute approximate surface area is 234 Å². The molecule has 3 atom stereocenters. The Morgan fingerprint density at radius 2 is 1.89 bits per heavy atom. The number of likely N-dealkylation sites (tertiary alicyclic amines) is 1. The molecule has 3 heterocycles. The summed E-state index contributed by atoms with van der Waals surface area (Å²) in [7, 11) is 1.63. The zero-order valence-corrected chi connectivity index (χ0v) is 23.9. The maximum Gasteiger partial charge on any atom is 0.410 e. The lowest BCUT2D eigenvalue weighted by molar-refractivity contribution is -0.153. The molecule has 4 aliphatic rings. The highest BCUT2D eigenvalue weighted by Gasteiger charge is 2.59. The number of benzene rings is 1. The zero-order chi connectivity index (χ0) is 27.3. The Kier molecular flexibility index (Phi) is 7.48. The number of nitrogens with one attached hydrogen (secondary N) is 1. The Bertz CT molecular complexity index is 1120. The second-order valence-corrected chi connectivity index (χ2v) is 12.9. The average molecular weight is 567 g/mol. The molecule has 3 saturated heterocycles. The summed E-state index contributed by atoms with van der Waals surface area (Å²) >= 11 is 12.6. The Morgan fingerprint density at radius 1 is 1.16 bits per heavy atom. The van der Waals surface area contributed by atoms with Crippen LogP contribution in [-0.4, -0.2) is 85.7 Å². The number of Topliss-reactive ketones (excluding diaryl/α,β-unsaturated/α-hetero) is 1. The number of carbonyl (C=O) groups excluding carboxylic acids is 3. The molecule has 38 heavy (non-hydrogen) atoms. The number of likely N-dealkylation sites (N-methyl/N-ethyl adjacent to an activating group) is 1. The lowest BCUT2D eigenvalue weighted by Gasteiger charge is -2.47. The van der Waals surface area contributed by atoms with E-state index in [2.05, 4.69) is 5.32 Å². The molecule has 3 aliphatic heterocycles.